The van der Waals surface area contributed by atoms with Crippen LogP contribution in [0.4, 0.5) is 0 Å². The van der Waals surface area contributed by atoms with Gasteiger partial charge in [0.05, 0.1) is 0 Å². The number of amides is 1. The van der Waals surface area contributed by atoms with E-state index in [1.807, 2.05) is 60.7 Å². The van der Waals surface area contributed by atoms with Gasteiger partial charge in [0.2, 0.25) is 0 Å². The van der Waals surface area contributed by atoms with E-state index in [2.05, 4.69) is 34.5 Å². The highest BCUT2D eigenvalue weighted by molar-refractivity contribution is 5.95. The fourth-order valence-corrected chi connectivity index (χ4v) is 3.74. The van der Waals surface area contributed by atoms with Crippen LogP contribution >= 0.6 is 0 Å². The van der Waals surface area contributed by atoms with E-state index in [1.54, 1.807) is 0 Å². The van der Waals surface area contributed by atoms with E-state index >= 15 is 0 Å². The maximum absolute atomic E-state index is 12.9. The van der Waals surface area contributed by atoms with Crippen LogP contribution in [0.5, 0.6) is 5.75 Å². The summed E-state index contributed by atoms with van der Waals surface area (Å²) in [7, 11) is 0. The fourth-order valence-electron chi connectivity index (χ4n) is 3.74. The van der Waals surface area contributed by atoms with Crippen LogP contribution in [0.1, 0.15) is 27.9 Å². The first-order valence-corrected chi connectivity index (χ1v) is 10.1. The summed E-state index contributed by atoms with van der Waals surface area (Å²) in [6.45, 7) is 3.18. The quantitative estimate of drug-likeness (QED) is 0.659. The third kappa shape index (κ3) is 5.24. The number of nitrogens with zero attached hydrogens (tertiary/aromatic N) is 1. The Bertz CT molecular complexity index is 928. The van der Waals surface area contributed by atoms with Crippen LogP contribution in [0.3, 0.4) is 0 Å². The minimum absolute atomic E-state index is 0.0242. The normalized spacial score (nSPS) is 16.5. The second-order valence-corrected chi connectivity index (χ2v) is 7.44. The number of hydrogen-bond acceptors (Lipinski definition) is 3. The topological polar surface area (TPSA) is 41.6 Å². The number of carbonyl (C=O) groups excluding carboxylic acids is 1. The zero-order valence-corrected chi connectivity index (χ0v) is 16.5. The Balaban J connectivity index is 1.34. The highest BCUT2D eigenvalue weighted by Gasteiger charge is 2.24. The van der Waals surface area contributed by atoms with Gasteiger partial charge in [-0.25, -0.2) is 0 Å². The molecule has 29 heavy (non-hydrogen) atoms. The van der Waals surface area contributed by atoms with Crippen LogP contribution in [0.15, 0.2) is 84.9 Å². The molecule has 3 aromatic rings. The summed E-state index contributed by atoms with van der Waals surface area (Å²) < 4.78 is 5.85. The monoisotopic (exact) mass is 386 g/mol. The van der Waals surface area contributed by atoms with Gasteiger partial charge < -0.3 is 10.1 Å². The highest BCUT2D eigenvalue weighted by atomic mass is 16.5. The summed E-state index contributed by atoms with van der Waals surface area (Å²) in [5.74, 6) is 0.777. The molecule has 1 fully saturated rings. The molecule has 4 nitrogen and oxygen atoms in total. The van der Waals surface area contributed by atoms with Crippen molar-refractivity contribution in [3.8, 4) is 5.75 Å². The van der Waals surface area contributed by atoms with Crippen molar-refractivity contribution in [1.29, 1.82) is 0 Å². The first-order valence-electron chi connectivity index (χ1n) is 10.1. The van der Waals surface area contributed by atoms with Gasteiger partial charge in [-0.15, -0.1) is 0 Å². The van der Waals surface area contributed by atoms with Gasteiger partial charge in [0.1, 0.15) is 12.4 Å². The third-order valence-electron chi connectivity index (χ3n) is 5.26. The summed E-state index contributed by atoms with van der Waals surface area (Å²) in [4.78, 5) is 15.3. The Morgan fingerprint density at radius 1 is 0.931 bits per heavy atom. The lowest BCUT2D eigenvalue weighted by molar-refractivity contribution is 0.0935. The molecule has 0 aromatic heterocycles. The second kappa shape index (κ2) is 9.39. The Morgan fingerprint density at radius 3 is 2.41 bits per heavy atom. The van der Waals surface area contributed by atoms with Crippen LogP contribution in [-0.2, 0) is 13.2 Å². The number of para-hydroxylation sites is 1. The van der Waals surface area contributed by atoms with Gasteiger partial charge in [-0.05, 0) is 30.2 Å². The highest BCUT2D eigenvalue weighted by Crippen LogP contribution is 2.17. The first-order chi connectivity index (χ1) is 14.3. The lowest BCUT2D eigenvalue weighted by atomic mass is 10.1. The van der Waals surface area contributed by atoms with Crippen LogP contribution in [0.2, 0.25) is 0 Å². The molecule has 1 atom stereocenters. The molecule has 0 radical (unpaired) electrons. The third-order valence-corrected chi connectivity index (χ3v) is 5.26. The smallest absolute Gasteiger partial charge is 0.251 e. The summed E-state index contributed by atoms with van der Waals surface area (Å²) in [6, 6.07) is 28.0. The second-order valence-electron chi connectivity index (χ2n) is 7.44. The van der Waals surface area contributed by atoms with E-state index in [9.17, 15) is 4.79 Å². The molecule has 4 heteroatoms. The zero-order chi connectivity index (χ0) is 19.9. The number of likely N-dealkylation sites (tertiary alicyclic amines) is 1. The molecular formula is C25H26N2O2. The van der Waals surface area contributed by atoms with Gasteiger partial charge in [0, 0.05) is 36.8 Å². The molecule has 0 saturated carbocycles. The van der Waals surface area contributed by atoms with Crippen LogP contribution in [0.25, 0.3) is 0 Å². The van der Waals surface area contributed by atoms with E-state index in [4.69, 9.17) is 4.74 Å². The van der Waals surface area contributed by atoms with Crippen LogP contribution < -0.4 is 10.1 Å². The first kappa shape index (κ1) is 19.2. The van der Waals surface area contributed by atoms with Crippen molar-refractivity contribution >= 4 is 5.91 Å². The van der Waals surface area contributed by atoms with Gasteiger partial charge in [-0.2, -0.15) is 0 Å². The standard InChI is InChI=1S/C25H26N2O2/c28-25(26-22-15-16-27(18-22)17-20-9-3-1-4-10-20)24-14-8-7-11-21(24)19-29-23-12-5-2-6-13-23/h1-14,22H,15-19H2,(H,26,28). The maximum atomic E-state index is 12.9. The van der Waals surface area contributed by atoms with Crippen LogP contribution in [0, 0.1) is 0 Å². The number of rotatable bonds is 7. The predicted molar refractivity (Wildman–Crippen MR) is 115 cm³/mol. The van der Waals surface area contributed by atoms with Crippen LogP contribution in [-0.4, -0.2) is 29.9 Å². The molecule has 1 aliphatic heterocycles. The van der Waals surface area contributed by atoms with Gasteiger partial charge in [0.15, 0.2) is 0 Å². The minimum Gasteiger partial charge on any atom is -0.489 e. The number of ether oxygens (including phenoxy) is 1. The molecule has 1 aliphatic rings. The molecule has 1 saturated heterocycles. The van der Waals surface area contributed by atoms with E-state index in [0.717, 1.165) is 37.4 Å². The molecule has 1 unspecified atom stereocenters. The van der Waals surface area contributed by atoms with Crippen molar-refractivity contribution in [2.75, 3.05) is 13.1 Å². The molecular weight excluding hydrogens is 360 g/mol. The molecule has 1 N–H and O–H groups in total. The Kier molecular flexibility index (Phi) is 6.22. The summed E-state index contributed by atoms with van der Waals surface area (Å²) in [5.41, 5.74) is 2.89. The molecule has 0 spiro atoms. The molecule has 1 heterocycles. The molecule has 4 rings (SSSR count). The summed E-state index contributed by atoms with van der Waals surface area (Å²) in [6.07, 6.45) is 0.973. The molecule has 0 aliphatic carbocycles. The molecule has 148 valence electrons. The lowest BCUT2D eigenvalue weighted by Crippen LogP contribution is -2.37. The zero-order valence-electron chi connectivity index (χ0n) is 16.5. The SMILES string of the molecule is O=C(NC1CCN(Cc2ccccc2)C1)c1ccccc1COc1ccccc1. The van der Waals surface area contributed by atoms with E-state index in [1.165, 1.54) is 5.56 Å². The van der Waals surface area contributed by atoms with Crippen molar-refractivity contribution in [1.82, 2.24) is 10.2 Å². The van der Waals surface area contributed by atoms with Crippen molar-refractivity contribution in [3.63, 3.8) is 0 Å². The fraction of sp³-hybridized carbons (Fsp3) is 0.240. The van der Waals surface area contributed by atoms with Gasteiger partial charge >= 0.3 is 0 Å². The average molecular weight is 386 g/mol. The average Bonchev–Trinajstić information content (AvgIpc) is 3.20. The van der Waals surface area contributed by atoms with Crippen molar-refractivity contribution in [2.45, 2.75) is 25.6 Å². The lowest BCUT2D eigenvalue weighted by Gasteiger charge is -2.17. The molecule has 0 bridgehead atoms. The van der Waals surface area contributed by atoms with E-state index < -0.39 is 0 Å². The number of benzene rings is 3. The number of hydrogen-bond donors (Lipinski definition) is 1. The predicted octanol–water partition coefficient (Wildman–Crippen LogP) is 4.27. The summed E-state index contributed by atoms with van der Waals surface area (Å²) in [5, 5.41) is 3.21. The Hall–Kier alpha value is -3.11. The molecule has 3 aromatic carbocycles. The van der Waals surface area contributed by atoms with Gasteiger partial charge in [-0.3, -0.25) is 9.69 Å². The Labute approximate surface area is 172 Å². The maximum Gasteiger partial charge on any atom is 0.251 e. The summed E-state index contributed by atoms with van der Waals surface area (Å²) >= 11 is 0. The largest absolute Gasteiger partial charge is 0.489 e. The minimum atomic E-state index is -0.0242. The number of carbonyl (C=O) groups is 1. The van der Waals surface area contributed by atoms with Gasteiger partial charge in [0.25, 0.3) is 5.91 Å². The Morgan fingerprint density at radius 2 is 1.62 bits per heavy atom. The van der Waals surface area contributed by atoms with E-state index in [-0.39, 0.29) is 11.9 Å². The van der Waals surface area contributed by atoms with Gasteiger partial charge in [-0.1, -0.05) is 66.7 Å². The molecule has 1 amide bonds. The van der Waals surface area contributed by atoms with Crippen molar-refractivity contribution in [2.24, 2.45) is 0 Å². The number of nitrogens with one attached hydrogen (secondary N) is 1. The van der Waals surface area contributed by atoms with Crippen molar-refractivity contribution in [3.05, 3.63) is 102 Å². The van der Waals surface area contributed by atoms with Crippen molar-refractivity contribution < 1.29 is 9.53 Å². The van der Waals surface area contributed by atoms with E-state index in [0.29, 0.717) is 12.2 Å².